The smallest absolute Gasteiger partial charge is 0.137 e. The number of hydrogen-bond acceptors (Lipinski definition) is 3. The SMILES string of the molecule is Fc1ccc(CNCCc2ncn[nH]2)c(F)c1. The zero-order valence-electron chi connectivity index (χ0n) is 9.08. The van der Waals surface area contributed by atoms with Crippen molar-refractivity contribution in [1.82, 2.24) is 20.5 Å². The molecule has 0 unspecified atom stereocenters. The number of benzene rings is 1. The van der Waals surface area contributed by atoms with Crippen LogP contribution in [0.3, 0.4) is 0 Å². The number of hydrogen-bond donors (Lipinski definition) is 2. The van der Waals surface area contributed by atoms with Crippen molar-refractivity contribution >= 4 is 0 Å². The summed E-state index contributed by atoms with van der Waals surface area (Å²) in [6.45, 7) is 1.01. The summed E-state index contributed by atoms with van der Waals surface area (Å²) < 4.78 is 25.9. The minimum absolute atomic E-state index is 0.361. The van der Waals surface area contributed by atoms with Gasteiger partial charge >= 0.3 is 0 Å². The van der Waals surface area contributed by atoms with Crippen LogP contribution in [0.4, 0.5) is 8.78 Å². The molecule has 1 heterocycles. The van der Waals surface area contributed by atoms with Gasteiger partial charge in [-0.3, -0.25) is 5.10 Å². The molecule has 0 saturated carbocycles. The van der Waals surface area contributed by atoms with Crippen molar-refractivity contribution in [2.24, 2.45) is 0 Å². The van der Waals surface area contributed by atoms with Crippen molar-refractivity contribution in [2.75, 3.05) is 6.54 Å². The van der Waals surface area contributed by atoms with Gasteiger partial charge in [0.1, 0.15) is 23.8 Å². The Morgan fingerprint density at radius 3 is 2.88 bits per heavy atom. The maximum atomic E-state index is 13.2. The highest BCUT2D eigenvalue weighted by Crippen LogP contribution is 2.08. The second kappa shape index (κ2) is 5.49. The molecule has 90 valence electrons. The summed E-state index contributed by atoms with van der Waals surface area (Å²) in [5.74, 6) is -0.317. The number of halogens is 2. The summed E-state index contributed by atoms with van der Waals surface area (Å²) in [4.78, 5) is 3.96. The maximum Gasteiger partial charge on any atom is 0.137 e. The Morgan fingerprint density at radius 2 is 2.18 bits per heavy atom. The molecule has 0 aliphatic rings. The lowest BCUT2D eigenvalue weighted by Crippen LogP contribution is -2.18. The lowest BCUT2D eigenvalue weighted by atomic mass is 10.2. The van der Waals surface area contributed by atoms with Crippen molar-refractivity contribution in [3.8, 4) is 0 Å². The Labute approximate surface area is 97.1 Å². The van der Waals surface area contributed by atoms with Gasteiger partial charge in [0, 0.05) is 31.1 Å². The molecule has 0 saturated heterocycles. The molecule has 0 bridgehead atoms. The highest BCUT2D eigenvalue weighted by Gasteiger charge is 2.03. The Kier molecular flexibility index (Phi) is 3.77. The molecule has 0 amide bonds. The molecule has 2 rings (SSSR count). The first-order chi connectivity index (χ1) is 8.25. The van der Waals surface area contributed by atoms with E-state index < -0.39 is 11.6 Å². The molecule has 1 aromatic heterocycles. The van der Waals surface area contributed by atoms with Gasteiger partial charge in [0.15, 0.2) is 0 Å². The van der Waals surface area contributed by atoms with Gasteiger partial charge in [-0.15, -0.1) is 0 Å². The standard InChI is InChI=1S/C11H12F2N4/c12-9-2-1-8(10(13)5-9)6-14-4-3-11-15-7-16-17-11/h1-2,5,7,14H,3-4,6H2,(H,15,16,17). The molecule has 0 atom stereocenters. The average Bonchev–Trinajstić information content (AvgIpc) is 2.79. The van der Waals surface area contributed by atoms with Crippen LogP contribution in [0.1, 0.15) is 11.4 Å². The third-order valence-electron chi connectivity index (χ3n) is 2.33. The van der Waals surface area contributed by atoms with Crippen LogP contribution < -0.4 is 5.32 Å². The van der Waals surface area contributed by atoms with E-state index in [9.17, 15) is 8.78 Å². The van der Waals surface area contributed by atoms with Gasteiger partial charge in [-0.05, 0) is 6.07 Å². The topological polar surface area (TPSA) is 53.6 Å². The van der Waals surface area contributed by atoms with Crippen LogP contribution >= 0.6 is 0 Å². The van der Waals surface area contributed by atoms with Gasteiger partial charge in [0.05, 0.1) is 0 Å². The largest absolute Gasteiger partial charge is 0.312 e. The summed E-state index contributed by atoms with van der Waals surface area (Å²) >= 11 is 0. The van der Waals surface area contributed by atoms with Crippen molar-refractivity contribution in [1.29, 1.82) is 0 Å². The molecule has 2 aromatic rings. The fraction of sp³-hybridized carbons (Fsp3) is 0.273. The van der Waals surface area contributed by atoms with Crippen LogP contribution in [0.25, 0.3) is 0 Å². The van der Waals surface area contributed by atoms with Gasteiger partial charge in [-0.25, -0.2) is 13.8 Å². The molecule has 17 heavy (non-hydrogen) atoms. The van der Waals surface area contributed by atoms with E-state index in [0.717, 1.165) is 11.9 Å². The zero-order valence-corrected chi connectivity index (χ0v) is 9.08. The molecule has 0 spiro atoms. The van der Waals surface area contributed by atoms with E-state index in [1.165, 1.54) is 18.5 Å². The molecule has 0 radical (unpaired) electrons. The minimum Gasteiger partial charge on any atom is -0.312 e. The molecular weight excluding hydrogens is 226 g/mol. The highest BCUT2D eigenvalue weighted by molar-refractivity contribution is 5.18. The summed E-state index contributed by atoms with van der Waals surface area (Å²) in [6, 6.07) is 3.57. The number of nitrogens with zero attached hydrogens (tertiary/aromatic N) is 2. The van der Waals surface area contributed by atoms with Gasteiger partial charge in [-0.2, -0.15) is 5.10 Å². The molecule has 0 aliphatic heterocycles. The minimum atomic E-state index is -0.562. The maximum absolute atomic E-state index is 13.2. The van der Waals surface area contributed by atoms with E-state index in [1.807, 2.05) is 0 Å². The first-order valence-corrected chi connectivity index (χ1v) is 5.24. The number of H-pyrrole nitrogens is 1. The molecule has 0 aliphatic carbocycles. The number of nitrogens with one attached hydrogen (secondary N) is 2. The normalized spacial score (nSPS) is 10.7. The second-order valence-corrected chi connectivity index (χ2v) is 3.59. The van der Waals surface area contributed by atoms with Gasteiger partial charge in [-0.1, -0.05) is 6.07 Å². The van der Waals surface area contributed by atoms with Crippen LogP contribution in [0.5, 0.6) is 0 Å². The lowest BCUT2D eigenvalue weighted by molar-refractivity contribution is 0.560. The Balaban J connectivity index is 1.78. The summed E-state index contributed by atoms with van der Waals surface area (Å²) in [7, 11) is 0. The van der Waals surface area contributed by atoms with Crippen LogP contribution in [0.15, 0.2) is 24.5 Å². The van der Waals surface area contributed by atoms with Crippen LogP contribution in [0.2, 0.25) is 0 Å². The van der Waals surface area contributed by atoms with Crippen LogP contribution in [-0.2, 0) is 13.0 Å². The fourth-order valence-electron chi connectivity index (χ4n) is 1.45. The summed E-state index contributed by atoms with van der Waals surface area (Å²) in [5.41, 5.74) is 0.448. The Hall–Kier alpha value is -1.82. The first kappa shape index (κ1) is 11.7. The quantitative estimate of drug-likeness (QED) is 0.774. The van der Waals surface area contributed by atoms with Crippen molar-refractivity contribution in [3.05, 3.63) is 47.5 Å². The zero-order chi connectivity index (χ0) is 12.1. The number of aromatic amines is 1. The first-order valence-electron chi connectivity index (χ1n) is 5.24. The Bertz CT molecular complexity index is 470. The predicted octanol–water partition coefficient (Wildman–Crippen LogP) is 1.42. The second-order valence-electron chi connectivity index (χ2n) is 3.59. The molecular formula is C11H12F2N4. The molecule has 2 N–H and O–H groups in total. The van der Waals surface area contributed by atoms with Gasteiger partial charge in [0.25, 0.3) is 0 Å². The highest BCUT2D eigenvalue weighted by atomic mass is 19.1. The third kappa shape index (κ3) is 3.32. The average molecular weight is 238 g/mol. The van der Waals surface area contributed by atoms with Crippen molar-refractivity contribution in [3.63, 3.8) is 0 Å². The third-order valence-corrected chi connectivity index (χ3v) is 2.33. The number of aromatic nitrogens is 3. The van der Waals surface area contributed by atoms with E-state index in [0.29, 0.717) is 25.1 Å². The van der Waals surface area contributed by atoms with Crippen molar-refractivity contribution in [2.45, 2.75) is 13.0 Å². The van der Waals surface area contributed by atoms with E-state index in [2.05, 4.69) is 20.5 Å². The molecule has 0 fully saturated rings. The van der Waals surface area contributed by atoms with E-state index in [4.69, 9.17) is 0 Å². The molecule has 6 heteroatoms. The van der Waals surface area contributed by atoms with Gasteiger partial charge in [0.2, 0.25) is 0 Å². The predicted molar refractivity (Wildman–Crippen MR) is 58.2 cm³/mol. The lowest BCUT2D eigenvalue weighted by Gasteiger charge is -2.04. The molecule has 4 nitrogen and oxygen atoms in total. The van der Waals surface area contributed by atoms with Crippen molar-refractivity contribution < 1.29 is 8.78 Å². The van der Waals surface area contributed by atoms with Gasteiger partial charge < -0.3 is 5.32 Å². The summed E-state index contributed by atoms with van der Waals surface area (Å²) in [6.07, 6.45) is 2.12. The van der Waals surface area contributed by atoms with E-state index >= 15 is 0 Å². The fourth-order valence-corrected chi connectivity index (χ4v) is 1.45. The summed E-state index contributed by atoms with van der Waals surface area (Å²) in [5, 5.41) is 9.50. The Morgan fingerprint density at radius 1 is 1.29 bits per heavy atom. The van der Waals surface area contributed by atoms with E-state index in [-0.39, 0.29) is 0 Å². The van der Waals surface area contributed by atoms with E-state index in [1.54, 1.807) is 0 Å². The monoisotopic (exact) mass is 238 g/mol. The van der Waals surface area contributed by atoms with Crippen LogP contribution in [-0.4, -0.2) is 21.7 Å². The number of rotatable bonds is 5. The molecule has 1 aromatic carbocycles. The van der Waals surface area contributed by atoms with Crippen LogP contribution in [0, 0.1) is 11.6 Å².